The molecule has 0 amide bonds. The summed E-state index contributed by atoms with van der Waals surface area (Å²) >= 11 is 0. The molecule has 0 bridgehead atoms. The minimum atomic E-state index is -0.869. The first kappa shape index (κ1) is 16.6. The Labute approximate surface area is 108 Å². The third-order valence-corrected chi connectivity index (χ3v) is 2.31. The molecule has 0 heterocycles. The van der Waals surface area contributed by atoms with Crippen LogP contribution in [-0.2, 0) is 19.1 Å². The molecule has 0 aromatic carbocycles. The monoisotopic (exact) mass is 257 g/mol. The molecule has 0 saturated carbocycles. The van der Waals surface area contributed by atoms with Crippen molar-refractivity contribution in [2.45, 2.75) is 33.3 Å². The Morgan fingerprint density at radius 2 is 1.89 bits per heavy atom. The van der Waals surface area contributed by atoms with Crippen LogP contribution in [0.25, 0.3) is 0 Å². The molecule has 0 aliphatic carbocycles. The number of hydrogen-bond donors (Lipinski definition) is 1. The Morgan fingerprint density at radius 1 is 1.28 bits per heavy atom. The van der Waals surface area contributed by atoms with E-state index in [-0.39, 0.29) is 19.1 Å². The lowest BCUT2D eigenvalue weighted by molar-refractivity contribution is -0.170. The van der Waals surface area contributed by atoms with E-state index < -0.39 is 24.0 Å². The van der Waals surface area contributed by atoms with Crippen LogP contribution in [0.3, 0.4) is 0 Å². The zero-order valence-electron chi connectivity index (χ0n) is 11.3. The van der Waals surface area contributed by atoms with Crippen molar-refractivity contribution in [2.75, 3.05) is 13.2 Å². The van der Waals surface area contributed by atoms with Crippen molar-refractivity contribution in [1.29, 1.82) is 0 Å². The highest BCUT2D eigenvalue weighted by atomic mass is 16.6. The first-order chi connectivity index (χ1) is 8.42. The summed E-state index contributed by atoms with van der Waals surface area (Å²) in [4.78, 5) is 23.3. The Balaban J connectivity index is 4.52. The molecule has 0 rings (SSSR count). The fraction of sp³-hybridized carbons (Fsp3) is 0.692. The fourth-order valence-corrected chi connectivity index (χ4v) is 1.21. The molecule has 18 heavy (non-hydrogen) atoms. The topological polar surface area (TPSA) is 78.6 Å². The summed E-state index contributed by atoms with van der Waals surface area (Å²) in [6.45, 7) is 9.29. The van der Waals surface area contributed by atoms with E-state index in [1.807, 2.05) is 13.8 Å². The zero-order valence-corrected chi connectivity index (χ0v) is 11.3. The molecule has 5 nitrogen and oxygen atoms in total. The molecule has 0 fully saturated rings. The lowest BCUT2D eigenvalue weighted by Gasteiger charge is -2.19. The molecule has 0 unspecified atom stereocenters. The summed E-state index contributed by atoms with van der Waals surface area (Å²) in [7, 11) is 0. The second-order valence-electron chi connectivity index (χ2n) is 4.61. The van der Waals surface area contributed by atoms with Crippen LogP contribution in [0.15, 0.2) is 12.7 Å². The first-order valence-electron chi connectivity index (χ1n) is 6.10. The molecule has 104 valence electrons. The van der Waals surface area contributed by atoms with Crippen LogP contribution in [0.5, 0.6) is 0 Å². The third kappa shape index (κ3) is 6.39. The maximum absolute atomic E-state index is 11.7. The van der Waals surface area contributed by atoms with Gasteiger partial charge in [0.15, 0.2) is 6.10 Å². The van der Waals surface area contributed by atoms with Gasteiger partial charge in [0.25, 0.3) is 0 Å². The summed E-state index contributed by atoms with van der Waals surface area (Å²) in [6.07, 6.45) is 1.03. The van der Waals surface area contributed by atoms with Gasteiger partial charge in [-0.25, -0.2) is 4.79 Å². The maximum Gasteiger partial charge on any atom is 0.347 e. The predicted molar refractivity (Wildman–Crippen MR) is 68.7 cm³/mol. The second kappa shape index (κ2) is 8.69. The van der Waals surface area contributed by atoms with Crippen molar-refractivity contribution in [3.05, 3.63) is 12.7 Å². The smallest absolute Gasteiger partial charge is 0.347 e. The molecule has 0 aromatic heterocycles. The van der Waals surface area contributed by atoms with Crippen molar-refractivity contribution in [3.63, 3.8) is 0 Å². The molecule has 0 aromatic rings. The Bertz CT molecular complexity index is 289. The van der Waals surface area contributed by atoms with E-state index in [0.29, 0.717) is 6.42 Å². The van der Waals surface area contributed by atoms with E-state index in [9.17, 15) is 9.59 Å². The van der Waals surface area contributed by atoms with Gasteiger partial charge in [-0.1, -0.05) is 33.4 Å². The number of hydrogen-bond acceptors (Lipinski definition) is 5. The molecule has 0 saturated heterocycles. The molecular weight excluding hydrogens is 234 g/mol. The third-order valence-electron chi connectivity index (χ3n) is 2.31. The van der Waals surface area contributed by atoms with Crippen LogP contribution in [0, 0.1) is 11.8 Å². The number of ether oxygens (including phenoxy) is 2. The Kier molecular flexibility index (Phi) is 8.03. The summed E-state index contributed by atoms with van der Waals surface area (Å²) in [5.41, 5.74) is 5.38. The van der Waals surface area contributed by atoms with Gasteiger partial charge >= 0.3 is 11.9 Å². The average molecular weight is 257 g/mol. The summed E-state index contributed by atoms with van der Waals surface area (Å²) < 4.78 is 10.0. The number of carbonyl (C=O) groups excluding carboxylic acids is 2. The van der Waals surface area contributed by atoms with Gasteiger partial charge in [-0.3, -0.25) is 4.79 Å². The van der Waals surface area contributed by atoms with Crippen molar-refractivity contribution in [3.8, 4) is 0 Å². The first-order valence-corrected chi connectivity index (χ1v) is 6.10. The van der Waals surface area contributed by atoms with Crippen LogP contribution < -0.4 is 5.73 Å². The zero-order chi connectivity index (χ0) is 14.1. The molecule has 0 aliphatic heterocycles. The number of carbonyl (C=O) groups is 2. The predicted octanol–water partition coefficient (Wildman–Crippen LogP) is 1.27. The van der Waals surface area contributed by atoms with Gasteiger partial charge in [0.2, 0.25) is 0 Å². The van der Waals surface area contributed by atoms with Crippen LogP contribution in [-0.4, -0.2) is 31.2 Å². The van der Waals surface area contributed by atoms with Gasteiger partial charge in [0, 0.05) is 6.54 Å². The lowest BCUT2D eigenvalue weighted by atomic mass is 10.1. The quantitative estimate of drug-likeness (QED) is 0.523. The number of nitrogens with two attached hydrogens (primary N) is 1. The number of rotatable bonds is 8. The Hall–Kier alpha value is -1.36. The molecule has 2 N–H and O–H groups in total. The summed E-state index contributed by atoms with van der Waals surface area (Å²) in [5, 5.41) is 0. The van der Waals surface area contributed by atoms with E-state index in [4.69, 9.17) is 15.2 Å². The molecule has 2 atom stereocenters. The van der Waals surface area contributed by atoms with E-state index >= 15 is 0 Å². The van der Waals surface area contributed by atoms with Gasteiger partial charge in [-0.15, -0.1) is 0 Å². The highest BCUT2D eigenvalue weighted by molar-refractivity contribution is 5.80. The van der Waals surface area contributed by atoms with Crippen molar-refractivity contribution in [1.82, 2.24) is 0 Å². The Morgan fingerprint density at radius 3 is 2.33 bits per heavy atom. The SMILES string of the molecule is C=CCOC(=O)[C@H](CC(C)C)OC(=O)[C@H](C)CN. The van der Waals surface area contributed by atoms with Crippen molar-refractivity contribution >= 4 is 11.9 Å². The molecule has 5 heteroatoms. The summed E-state index contributed by atoms with van der Waals surface area (Å²) in [5.74, 6) is -1.22. The van der Waals surface area contributed by atoms with E-state index in [1.54, 1.807) is 6.92 Å². The minimum Gasteiger partial charge on any atom is -0.459 e. The van der Waals surface area contributed by atoms with Crippen LogP contribution in [0.2, 0.25) is 0 Å². The highest BCUT2D eigenvalue weighted by Gasteiger charge is 2.27. The molecule has 0 radical (unpaired) electrons. The molecule has 0 aliphatic rings. The van der Waals surface area contributed by atoms with Gasteiger partial charge in [-0.2, -0.15) is 0 Å². The van der Waals surface area contributed by atoms with Crippen LogP contribution in [0.4, 0.5) is 0 Å². The second-order valence-corrected chi connectivity index (χ2v) is 4.61. The van der Waals surface area contributed by atoms with E-state index in [0.717, 1.165) is 0 Å². The highest BCUT2D eigenvalue weighted by Crippen LogP contribution is 2.12. The van der Waals surface area contributed by atoms with E-state index in [1.165, 1.54) is 6.08 Å². The van der Waals surface area contributed by atoms with Gasteiger partial charge in [-0.05, 0) is 12.3 Å². The van der Waals surface area contributed by atoms with Crippen molar-refractivity contribution < 1.29 is 19.1 Å². The maximum atomic E-state index is 11.7. The fourth-order valence-electron chi connectivity index (χ4n) is 1.21. The standard InChI is InChI=1S/C13H23NO4/c1-5-6-17-13(16)11(7-9(2)3)18-12(15)10(4)8-14/h5,9-11H,1,6-8,14H2,2-4H3/t10-,11+/m1/s1. The van der Waals surface area contributed by atoms with Crippen molar-refractivity contribution in [2.24, 2.45) is 17.6 Å². The van der Waals surface area contributed by atoms with E-state index in [2.05, 4.69) is 6.58 Å². The summed E-state index contributed by atoms with van der Waals surface area (Å²) in [6, 6.07) is 0. The molecular formula is C13H23NO4. The van der Waals surface area contributed by atoms with Crippen LogP contribution >= 0.6 is 0 Å². The number of esters is 2. The van der Waals surface area contributed by atoms with Gasteiger partial charge in [0.05, 0.1) is 5.92 Å². The molecule has 0 spiro atoms. The average Bonchev–Trinajstić information content (AvgIpc) is 2.33. The van der Waals surface area contributed by atoms with Crippen LogP contribution in [0.1, 0.15) is 27.2 Å². The van der Waals surface area contributed by atoms with Gasteiger partial charge in [0.1, 0.15) is 6.61 Å². The lowest BCUT2D eigenvalue weighted by Crippen LogP contribution is -2.34. The van der Waals surface area contributed by atoms with Gasteiger partial charge < -0.3 is 15.2 Å². The largest absolute Gasteiger partial charge is 0.459 e. The normalized spacial score (nSPS) is 13.8. The minimum absolute atomic E-state index is 0.109.